The van der Waals surface area contributed by atoms with Gasteiger partial charge in [-0.3, -0.25) is 9.59 Å². The van der Waals surface area contributed by atoms with E-state index in [4.69, 9.17) is 0 Å². The number of anilines is 1. The Morgan fingerprint density at radius 3 is 2.46 bits per heavy atom. The maximum Gasteiger partial charge on any atom is 0.243 e. The largest absolute Gasteiger partial charge is 0.508 e. The Morgan fingerprint density at radius 1 is 1.11 bits per heavy atom. The fourth-order valence-electron chi connectivity index (χ4n) is 3.18. The average molecular weight is 413 g/mol. The minimum atomic E-state index is -0.419. The molecule has 0 unspecified atom stereocenters. The second-order valence-corrected chi connectivity index (χ2v) is 8.30. The topological polar surface area (TPSA) is 57.6 Å². The van der Waals surface area contributed by atoms with Gasteiger partial charge in [0.25, 0.3) is 0 Å². The lowest BCUT2D eigenvalue weighted by molar-refractivity contribution is -0.123. The molecule has 1 fully saturated rings. The summed E-state index contributed by atoms with van der Waals surface area (Å²) in [6, 6.07) is 13.9. The fraction of sp³-hybridized carbons (Fsp3) is 0.143. The number of halogens is 1. The van der Waals surface area contributed by atoms with Crippen LogP contribution in [0.5, 0.6) is 5.75 Å². The molecule has 0 bridgehead atoms. The molecule has 1 aromatic heterocycles. The van der Waals surface area contributed by atoms with E-state index in [1.54, 1.807) is 52.7 Å². The SMILES string of the molecule is O=C(CS[C@H]1C(=O)N(c2ccc(F)cc2)[C@@H]1c1ccc(O)cc1)c1ccsc1. The summed E-state index contributed by atoms with van der Waals surface area (Å²) in [7, 11) is 0. The summed E-state index contributed by atoms with van der Waals surface area (Å²) < 4.78 is 13.3. The van der Waals surface area contributed by atoms with Crippen LogP contribution in [0.1, 0.15) is 22.0 Å². The first-order chi connectivity index (χ1) is 13.5. The molecule has 2 aromatic carbocycles. The summed E-state index contributed by atoms with van der Waals surface area (Å²) in [6.45, 7) is 0. The normalized spacial score (nSPS) is 18.8. The van der Waals surface area contributed by atoms with Gasteiger partial charge in [-0.05, 0) is 53.4 Å². The molecule has 4 rings (SSSR count). The summed E-state index contributed by atoms with van der Waals surface area (Å²) in [5.74, 6) is -0.153. The molecule has 4 nitrogen and oxygen atoms in total. The maximum atomic E-state index is 13.3. The summed E-state index contributed by atoms with van der Waals surface area (Å²) in [4.78, 5) is 26.8. The zero-order valence-corrected chi connectivity index (χ0v) is 16.3. The average Bonchev–Trinajstić information content (AvgIpc) is 3.23. The number of hydrogen-bond donors (Lipinski definition) is 1. The number of carbonyl (C=O) groups excluding carboxylic acids is 2. The number of phenolic OH excluding ortho intramolecular Hbond substituents is 1. The molecular formula is C21H16FNO3S2. The molecule has 1 amide bonds. The van der Waals surface area contributed by atoms with Crippen molar-refractivity contribution in [1.82, 2.24) is 0 Å². The van der Waals surface area contributed by atoms with Crippen molar-refractivity contribution >= 4 is 40.5 Å². The number of β-lactam (4-membered cyclic amide) rings is 1. The number of Topliss-reactive ketones (excluding diaryl/α,β-unsaturated/α-hetero) is 1. The van der Waals surface area contributed by atoms with Gasteiger partial charge in [-0.25, -0.2) is 4.39 Å². The Labute approximate surface area is 169 Å². The number of thiophene rings is 1. The van der Waals surface area contributed by atoms with E-state index in [9.17, 15) is 19.1 Å². The van der Waals surface area contributed by atoms with E-state index >= 15 is 0 Å². The van der Waals surface area contributed by atoms with Crippen LogP contribution in [-0.4, -0.2) is 27.8 Å². The Kier molecular flexibility index (Phi) is 5.19. The summed E-state index contributed by atoms with van der Waals surface area (Å²) in [5, 5.41) is 12.8. The molecule has 0 aliphatic carbocycles. The number of rotatable bonds is 6. The Morgan fingerprint density at radius 2 is 1.82 bits per heavy atom. The number of amides is 1. The molecule has 28 heavy (non-hydrogen) atoms. The number of carbonyl (C=O) groups is 2. The second kappa shape index (κ2) is 7.77. The molecule has 1 aliphatic heterocycles. The highest BCUT2D eigenvalue weighted by Gasteiger charge is 2.49. The smallest absolute Gasteiger partial charge is 0.243 e. The van der Waals surface area contributed by atoms with Crippen molar-refractivity contribution in [2.45, 2.75) is 11.3 Å². The lowest BCUT2D eigenvalue weighted by Crippen LogP contribution is -2.57. The van der Waals surface area contributed by atoms with Crippen LogP contribution in [0.4, 0.5) is 10.1 Å². The van der Waals surface area contributed by atoms with E-state index < -0.39 is 5.25 Å². The van der Waals surface area contributed by atoms with Crippen LogP contribution in [0, 0.1) is 5.82 Å². The van der Waals surface area contributed by atoms with Crippen molar-refractivity contribution in [2.75, 3.05) is 10.7 Å². The van der Waals surface area contributed by atoms with Crippen LogP contribution in [0.3, 0.4) is 0 Å². The third-order valence-electron chi connectivity index (χ3n) is 4.62. The number of benzene rings is 2. The first kappa shape index (κ1) is 18.7. The molecule has 0 saturated carbocycles. The third-order valence-corrected chi connectivity index (χ3v) is 6.55. The van der Waals surface area contributed by atoms with Gasteiger partial charge < -0.3 is 10.0 Å². The molecule has 7 heteroatoms. The molecule has 0 spiro atoms. The number of phenols is 1. The predicted molar refractivity (Wildman–Crippen MR) is 110 cm³/mol. The standard InChI is InChI=1S/C21H16FNO3S2/c22-15-3-5-16(6-4-15)23-19(13-1-7-17(24)8-2-13)20(21(23)26)28-12-18(25)14-9-10-27-11-14/h1-11,19-20,24H,12H2/t19-,20-/m1/s1. The second-order valence-electron chi connectivity index (χ2n) is 6.39. The van der Waals surface area contributed by atoms with Gasteiger partial charge in [0.2, 0.25) is 5.91 Å². The lowest BCUT2D eigenvalue weighted by Gasteiger charge is -2.47. The monoisotopic (exact) mass is 413 g/mol. The van der Waals surface area contributed by atoms with Gasteiger partial charge in [0.15, 0.2) is 5.78 Å². The predicted octanol–water partition coefficient (Wildman–Crippen LogP) is 4.67. The van der Waals surface area contributed by atoms with Gasteiger partial charge in [-0.15, -0.1) is 11.8 Å². The Bertz CT molecular complexity index is 988. The van der Waals surface area contributed by atoms with E-state index in [2.05, 4.69) is 0 Å². The van der Waals surface area contributed by atoms with Gasteiger partial charge in [-0.2, -0.15) is 11.3 Å². The number of ketones is 1. The van der Waals surface area contributed by atoms with Crippen molar-refractivity contribution in [2.24, 2.45) is 0 Å². The molecule has 3 aromatic rings. The maximum absolute atomic E-state index is 13.3. The zero-order chi connectivity index (χ0) is 19.7. The Hall–Kier alpha value is -2.64. The first-order valence-corrected chi connectivity index (χ1v) is 10.6. The van der Waals surface area contributed by atoms with Gasteiger partial charge >= 0.3 is 0 Å². The summed E-state index contributed by atoms with van der Waals surface area (Å²) in [5.41, 5.74) is 2.11. The number of nitrogens with zero attached hydrogens (tertiary/aromatic N) is 1. The summed E-state index contributed by atoms with van der Waals surface area (Å²) in [6.07, 6.45) is 0. The number of aromatic hydroxyl groups is 1. The number of hydrogen-bond acceptors (Lipinski definition) is 5. The van der Waals surface area contributed by atoms with Crippen molar-refractivity contribution in [3.8, 4) is 5.75 Å². The van der Waals surface area contributed by atoms with Crippen LogP contribution in [-0.2, 0) is 4.79 Å². The van der Waals surface area contributed by atoms with Gasteiger partial charge in [-0.1, -0.05) is 12.1 Å². The molecule has 142 valence electrons. The molecule has 1 aliphatic rings. The number of thioether (sulfide) groups is 1. The van der Waals surface area contributed by atoms with Gasteiger partial charge in [0, 0.05) is 16.6 Å². The zero-order valence-electron chi connectivity index (χ0n) is 14.6. The van der Waals surface area contributed by atoms with E-state index in [1.165, 1.54) is 35.2 Å². The fourth-order valence-corrected chi connectivity index (χ4v) is 5.06. The van der Waals surface area contributed by atoms with E-state index in [-0.39, 0.29) is 35.1 Å². The van der Waals surface area contributed by atoms with Crippen molar-refractivity contribution in [3.63, 3.8) is 0 Å². The Balaban J connectivity index is 1.58. The molecule has 2 heterocycles. The summed E-state index contributed by atoms with van der Waals surface area (Å²) >= 11 is 2.77. The molecule has 1 saturated heterocycles. The molecular weight excluding hydrogens is 397 g/mol. The van der Waals surface area contributed by atoms with Crippen LogP contribution in [0.2, 0.25) is 0 Å². The van der Waals surface area contributed by atoms with Crippen LogP contribution in [0.15, 0.2) is 65.4 Å². The highest BCUT2D eigenvalue weighted by atomic mass is 32.2. The molecule has 1 N–H and O–H groups in total. The van der Waals surface area contributed by atoms with Crippen LogP contribution in [0.25, 0.3) is 0 Å². The van der Waals surface area contributed by atoms with E-state index in [0.29, 0.717) is 11.3 Å². The van der Waals surface area contributed by atoms with Gasteiger partial charge in [0.1, 0.15) is 16.8 Å². The quantitative estimate of drug-likeness (QED) is 0.471. The highest BCUT2D eigenvalue weighted by molar-refractivity contribution is 8.01. The molecule has 2 atom stereocenters. The highest BCUT2D eigenvalue weighted by Crippen LogP contribution is 2.45. The molecule has 0 radical (unpaired) electrons. The van der Waals surface area contributed by atoms with Crippen LogP contribution >= 0.6 is 23.1 Å². The first-order valence-electron chi connectivity index (χ1n) is 8.59. The van der Waals surface area contributed by atoms with Crippen molar-refractivity contribution < 1.29 is 19.1 Å². The van der Waals surface area contributed by atoms with Gasteiger partial charge in [0.05, 0.1) is 11.8 Å². The van der Waals surface area contributed by atoms with E-state index in [1.807, 2.05) is 5.38 Å². The van der Waals surface area contributed by atoms with Crippen LogP contribution < -0.4 is 4.90 Å². The van der Waals surface area contributed by atoms with Crippen molar-refractivity contribution in [1.29, 1.82) is 0 Å². The minimum Gasteiger partial charge on any atom is -0.508 e. The van der Waals surface area contributed by atoms with Crippen molar-refractivity contribution in [3.05, 3.63) is 82.3 Å². The minimum absolute atomic E-state index is 0.0104. The third kappa shape index (κ3) is 3.55. The lowest BCUT2D eigenvalue weighted by atomic mass is 9.92. The van der Waals surface area contributed by atoms with E-state index in [0.717, 1.165) is 5.56 Å².